The summed E-state index contributed by atoms with van der Waals surface area (Å²) in [5, 5.41) is -0.357. The fourth-order valence-corrected chi connectivity index (χ4v) is 1.42. The average molecular weight is 161 g/mol. The van der Waals surface area contributed by atoms with Crippen molar-refractivity contribution < 1.29 is 4.79 Å². The van der Waals surface area contributed by atoms with Crippen molar-refractivity contribution in [1.29, 1.82) is 0 Å². The first-order valence-corrected chi connectivity index (χ1v) is 3.86. The molecule has 0 saturated heterocycles. The Kier molecular flexibility index (Phi) is 2.37. The van der Waals surface area contributed by atoms with Crippen LogP contribution in [0.2, 0.25) is 0 Å². The number of allylic oxidation sites excluding steroid dienone is 3. The van der Waals surface area contributed by atoms with Crippen molar-refractivity contribution in [3.05, 3.63) is 23.1 Å². The van der Waals surface area contributed by atoms with Gasteiger partial charge in [-0.15, -0.1) is 11.8 Å². The molecule has 0 bridgehead atoms. The molecule has 0 fully saturated rings. The van der Waals surface area contributed by atoms with E-state index in [2.05, 4.69) is 0 Å². The lowest BCUT2D eigenvalue weighted by molar-refractivity contribution is -0.107. The quantitative estimate of drug-likeness (QED) is 0.546. The van der Waals surface area contributed by atoms with Crippen molar-refractivity contribution in [2.45, 2.75) is 0 Å². The molecule has 0 saturated carbocycles. The number of carbonyl (C=O) groups excluding carboxylic acids is 1. The number of rotatable bonds is 1. The minimum absolute atomic E-state index is 0.357. The highest BCUT2D eigenvalue weighted by Gasteiger charge is 2.05. The highest BCUT2D eigenvalue weighted by atomic mass is 35.5. The Morgan fingerprint density at radius 2 is 2.56 bits per heavy atom. The van der Waals surface area contributed by atoms with Crippen molar-refractivity contribution >= 4 is 28.6 Å². The van der Waals surface area contributed by atoms with Crippen molar-refractivity contribution in [1.82, 2.24) is 0 Å². The molecule has 1 aliphatic rings. The molecule has 0 spiro atoms. The van der Waals surface area contributed by atoms with E-state index >= 15 is 0 Å². The summed E-state index contributed by atoms with van der Waals surface area (Å²) >= 11 is 6.66. The SMILES string of the molecule is O=C(Cl)C1=CC=CCS1. The standard InChI is InChI=1S/C6H5ClOS/c7-6(8)5-3-1-2-4-9-5/h1-3H,4H2. The van der Waals surface area contributed by atoms with Crippen LogP contribution in [0.25, 0.3) is 0 Å². The van der Waals surface area contributed by atoms with Crippen LogP contribution in [0.3, 0.4) is 0 Å². The summed E-state index contributed by atoms with van der Waals surface area (Å²) in [5.41, 5.74) is 0. The zero-order valence-corrected chi connectivity index (χ0v) is 6.21. The summed E-state index contributed by atoms with van der Waals surface area (Å²) < 4.78 is 0. The predicted octanol–water partition coefficient (Wildman–Crippen LogP) is 1.94. The Bertz CT molecular complexity index is 183. The molecule has 9 heavy (non-hydrogen) atoms. The van der Waals surface area contributed by atoms with E-state index in [-0.39, 0.29) is 5.24 Å². The van der Waals surface area contributed by atoms with E-state index in [1.54, 1.807) is 6.08 Å². The van der Waals surface area contributed by atoms with Gasteiger partial charge in [0.1, 0.15) is 0 Å². The number of hydrogen-bond donors (Lipinski definition) is 0. The molecule has 1 nitrogen and oxygen atoms in total. The summed E-state index contributed by atoms with van der Waals surface area (Å²) in [4.78, 5) is 11.1. The molecular weight excluding hydrogens is 156 g/mol. The third-order valence-electron chi connectivity index (χ3n) is 0.912. The van der Waals surface area contributed by atoms with Gasteiger partial charge in [-0.1, -0.05) is 12.2 Å². The molecule has 1 aliphatic heterocycles. The minimum Gasteiger partial charge on any atom is -0.275 e. The van der Waals surface area contributed by atoms with Gasteiger partial charge < -0.3 is 0 Å². The van der Waals surface area contributed by atoms with Gasteiger partial charge in [-0.3, -0.25) is 4.79 Å². The number of hydrogen-bond acceptors (Lipinski definition) is 2. The summed E-state index contributed by atoms with van der Waals surface area (Å²) in [6.45, 7) is 0. The molecule has 0 radical (unpaired) electrons. The lowest BCUT2D eigenvalue weighted by Crippen LogP contribution is -1.91. The first kappa shape index (κ1) is 6.90. The van der Waals surface area contributed by atoms with E-state index in [1.807, 2.05) is 12.2 Å². The maximum absolute atomic E-state index is 10.4. The van der Waals surface area contributed by atoms with Gasteiger partial charge in [0.25, 0.3) is 5.24 Å². The van der Waals surface area contributed by atoms with E-state index in [4.69, 9.17) is 11.6 Å². The molecule has 0 atom stereocenters. The van der Waals surface area contributed by atoms with Gasteiger partial charge in [0.05, 0.1) is 4.91 Å². The Hall–Kier alpha value is -0.210. The van der Waals surface area contributed by atoms with E-state index in [0.717, 1.165) is 5.75 Å². The molecule has 1 rings (SSSR count). The average Bonchev–Trinajstić information content (AvgIpc) is 1.90. The van der Waals surface area contributed by atoms with Gasteiger partial charge in [0.15, 0.2) is 0 Å². The predicted molar refractivity (Wildman–Crippen MR) is 40.5 cm³/mol. The van der Waals surface area contributed by atoms with Crippen LogP contribution in [0.1, 0.15) is 0 Å². The van der Waals surface area contributed by atoms with Crippen LogP contribution in [0.4, 0.5) is 0 Å². The highest BCUT2D eigenvalue weighted by molar-refractivity contribution is 8.04. The third kappa shape index (κ3) is 1.88. The molecule has 0 unspecified atom stereocenters. The van der Waals surface area contributed by atoms with Crippen LogP contribution in [-0.4, -0.2) is 11.0 Å². The van der Waals surface area contributed by atoms with Gasteiger partial charge in [0.2, 0.25) is 0 Å². The molecule has 48 valence electrons. The molecule has 0 aliphatic carbocycles. The lowest BCUT2D eigenvalue weighted by Gasteiger charge is -2.00. The van der Waals surface area contributed by atoms with Gasteiger partial charge in [-0.05, 0) is 17.7 Å². The first-order valence-electron chi connectivity index (χ1n) is 2.50. The molecule has 0 aromatic rings. The second-order valence-electron chi connectivity index (χ2n) is 1.54. The molecule has 0 aromatic carbocycles. The largest absolute Gasteiger partial charge is 0.275 e. The second kappa shape index (κ2) is 3.08. The van der Waals surface area contributed by atoms with Gasteiger partial charge in [-0.25, -0.2) is 0 Å². The summed E-state index contributed by atoms with van der Waals surface area (Å²) in [6, 6.07) is 0. The smallest absolute Gasteiger partial charge is 0.258 e. The monoisotopic (exact) mass is 160 g/mol. The third-order valence-corrected chi connectivity index (χ3v) is 2.22. The number of halogens is 1. The van der Waals surface area contributed by atoms with Crippen molar-refractivity contribution in [3.8, 4) is 0 Å². The number of thioether (sulfide) groups is 1. The minimum atomic E-state index is -0.357. The van der Waals surface area contributed by atoms with Crippen LogP contribution < -0.4 is 0 Å². The Morgan fingerprint density at radius 1 is 1.78 bits per heavy atom. The van der Waals surface area contributed by atoms with Gasteiger partial charge in [-0.2, -0.15) is 0 Å². The van der Waals surface area contributed by atoms with Crippen LogP contribution in [0.5, 0.6) is 0 Å². The molecule has 0 aromatic heterocycles. The Balaban J connectivity index is 2.68. The van der Waals surface area contributed by atoms with E-state index in [0.29, 0.717) is 4.91 Å². The van der Waals surface area contributed by atoms with Crippen molar-refractivity contribution in [2.24, 2.45) is 0 Å². The molecule has 3 heteroatoms. The summed E-state index contributed by atoms with van der Waals surface area (Å²) in [6.07, 6.45) is 5.55. The second-order valence-corrected chi connectivity index (χ2v) is 2.95. The summed E-state index contributed by atoms with van der Waals surface area (Å²) in [5.74, 6) is 0.851. The Morgan fingerprint density at radius 3 is 2.89 bits per heavy atom. The van der Waals surface area contributed by atoms with Crippen LogP contribution in [-0.2, 0) is 4.79 Å². The zero-order valence-electron chi connectivity index (χ0n) is 4.63. The topological polar surface area (TPSA) is 17.1 Å². The maximum atomic E-state index is 10.4. The van der Waals surface area contributed by atoms with Gasteiger partial charge in [0, 0.05) is 5.75 Å². The van der Waals surface area contributed by atoms with E-state index < -0.39 is 0 Å². The van der Waals surface area contributed by atoms with Gasteiger partial charge >= 0.3 is 0 Å². The van der Waals surface area contributed by atoms with E-state index in [1.165, 1.54) is 11.8 Å². The summed E-state index contributed by atoms with van der Waals surface area (Å²) in [7, 11) is 0. The lowest BCUT2D eigenvalue weighted by atomic mass is 10.4. The zero-order chi connectivity index (χ0) is 6.69. The normalized spacial score (nSPS) is 17.2. The van der Waals surface area contributed by atoms with Crippen LogP contribution >= 0.6 is 23.4 Å². The number of carbonyl (C=O) groups is 1. The molecule has 1 heterocycles. The maximum Gasteiger partial charge on any atom is 0.258 e. The first-order chi connectivity index (χ1) is 4.30. The fourth-order valence-electron chi connectivity index (χ4n) is 0.519. The molecule has 0 amide bonds. The fraction of sp³-hybridized carbons (Fsp3) is 0.167. The van der Waals surface area contributed by atoms with Crippen LogP contribution in [0, 0.1) is 0 Å². The Labute approximate surface area is 62.8 Å². The van der Waals surface area contributed by atoms with E-state index in [9.17, 15) is 4.79 Å². The van der Waals surface area contributed by atoms with Crippen LogP contribution in [0.15, 0.2) is 23.1 Å². The van der Waals surface area contributed by atoms with Crippen molar-refractivity contribution in [2.75, 3.05) is 5.75 Å². The van der Waals surface area contributed by atoms with Crippen molar-refractivity contribution in [3.63, 3.8) is 0 Å². The molecule has 0 N–H and O–H groups in total. The molecular formula is C6H5ClOS. The highest BCUT2D eigenvalue weighted by Crippen LogP contribution is 2.21.